The molecule has 0 aliphatic heterocycles. The molecular weight excluding hydrogens is 428 g/mol. The summed E-state index contributed by atoms with van der Waals surface area (Å²) in [6, 6.07) is 2.29. The van der Waals surface area contributed by atoms with E-state index in [1.54, 1.807) is 0 Å². The molecule has 1 aromatic carbocycles. The molecule has 15 heavy (non-hydrogen) atoms. The van der Waals surface area contributed by atoms with Crippen LogP contribution >= 0.6 is 31.9 Å². The summed E-state index contributed by atoms with van der Waals surface area (Å²) in [6.45, 7) is 0. The summed E-state index contributed by atoms with van der Waals surface area (Å²) in [7, 11) is 0. The number of rotatable bonds is 2. The zero-order valence-corrected chi connectivity index (χ0v) is 11.5. The fraction of sp³-hybridized carbons (Fsp3) is 0. The minimum Gasteiger partial charge on any atom is -0.545 e. The maximum Gasteiger partial charge on any atom is 0.0727 e. The van der Waals surface area contributed by atoms with Crippen LogP contribution in [0.1, 0.15) is 20.7 Å². The Labute approximate surface area is 117 Å². The van der Waals surface area contributed by atoms with Gasteiger partial charge in [-0.25, -0.2) is 0 Å². The van der Waals surface area contributed by atoms with Crippen LogP contribution in [0.5, 0.6) is 0 Å². The number of carbonyl (C=O) groups is 2. The summed E-state index contributed by atoms with van der Waals surface area (Å²) in [5.74, 6) is -2.77. The van der Waals surface area contributed by atoms with Crippen LogP contribution in [0.3, 0.4) is 0 Å². The van der Waals surface area contributed by atoms with Crippen molar-refractivity contribution in [3.63, 3.8) is 0 Å². The van der Waals surface area contributed by atoms with Crippen molar-refractivity contribution >= 4 is 43.8 Å². The van der Waals surface area contributed by atoms with Gasteiger partial charge in [-0.2, -0.15) is 0 Å². The molecule has 4 nitrogen and oxygen atoms in total. The maximum absolute atomic E-state index is 10.5. The fourth-order valence-corrected chi connectivity index (χ4v) is 1.87. The molecule has 0 heterocycles. The van der Waals surface area contributed by atoms with Gasteiger partial charge in [0, 0.05) is 42.5 Å². The Morgan fingerprint density at radius 1 is 0.933 bits per heavy atom. The van der Waals surface area contributed by atoms with Crippen LogP contribution in [-0.2, 0) is 22.4 Å². The first-order chi connectivity index (χ1) is 6.43. The molecule has 0 aliphatic rings. The van der Waals surface area contributed by atoms with E-state index in [9.17, 15) is 19.8 Å². The average molecular weight is 430 g/mol. The van der Waals surface area contributed by atoms with E-state index in [0.29, 0.717) is 0 Å². The van der Waals surface area contributed by atoms with Crippen LogP contribution in [0.2, 0.25) is 0 Å². The third kappa shape index (κ3) is 3.42. The fourth-order valence-electron chi connectivity index (χ4n) is 0.860. The van der Waals surface area contributed by atoms with Crippen molar-refractivity contribution in [1.82, 2.24) is 0 Å². The molecule has 7 heteroatoms. The Kier molecular flexibility index (Phi) is 5.76. The van der Waals surface area contributed by atoms with E-state index >= 15 is 0 Å². The number of carboxylic acid groups (broad SMARTS) is 2. The van der Waals surface area contributed by atoms with Gasteiger partial charge < -0.3 is 19.8 Å². The predicted octanol–water partition coefficient (Wildman–Crippen LogP) is -0.0639. The molecule has 0 fully saturated rings. The summed E-state index contributed by atoms with van der Waals surface area (Å²) in [4.78, 5) is 21.1. The van der Waals surface area contributed by atoms with Gasteiger partial charge in [0.15, 0.2) is 0 Å². The SMILES string of the molecule is O=C([O-])c1cc(Br)c(C(=O)[O-])cc1Br.[Ag]. The van der Waals surface area contributed by atoms with Crippen molar-refractivity contribution in [3.05, 3.63) is 32.2 Å². The van der Waals surface area contributed by atoms with Gasteiger partial charge in [-0.05, 0) is 12.1 Å². The van der Waals surface area contributed by atoms with Crippen molar-refractivity contribution in [1.29, 1.82) is 0 Å². The van der Waals surface area contributed by atoms with Crippen LogP contribution in [0.15, 0.2) is 21.1 Å². The standard InChI is InChI=1S/C8H4Br2O4.Ag/c9-5-1-3(7(11)12)6(10)2-4(5)8(13)14;/h1-2H,(H,11,12)(H,13,14);/p-2. The van der Waals surface area contributed by atoms with Gasteiger partial charge in [0.1, 0.15) is 0 Å². The molecule has 0 amide bonds. The van der Waals surface area contributed by atoms with Crippen molar-refractivity contribution in [2.24, 2.45) is 0 Å². The first-order valence-electron chi connectivity index (χ1n) is 3.35. The molecule has 0 saturated heterocycles. The van der Waals surface area contributed by atoms with Crippen LogP contribution in [0, 0.1) is 0 Å². The van der Waals surface area contributed by atoms with Gasteiger partial charge in [-0.15, -0.1) is 0 Å². The van der Waals surface area contributed by atoms with Gasteiger partial charge >= 0.3 is 0 Å². The number of carboxylic acids is 2. The summed E-state index contributed by atoms with van der Waals surface area (Å²) in [5, 5.41) is 21.1. The maximum atomic E-state index is 10.5. The van der Waals surface area contributed by atoms with Crippen LogP contribution in [0.4, 0.5) is 0 Å². The number of hydrogen-bond acceptors (Lipinski definition) is 4. The molecule has 1 rings (SSSR count). The van der Waals surface area contributed by atoms with E-state index in [4.69, 9.17) is 0 Å². The molecular formula is C8H2AgBr2O4-2. The summed E-state index contributed by atoms with van der Waals surface area (Å²) < 4.78 is 0.278. The smallest absolute Gasteiger partial charge is 0.0727 e. The third-order valence-corrected chi connectivity index (χ3v) is 2.81. The Bertz CT molecular complexity index is 380. The zero-order chi connectivity index (χ0) is 10.9. The molecule has 0 bridgehead atoms. The molecule has 0 aliphatic carbocycles. The number of halogens is 2. The first-order valence-corrected chi connectivity index (χ1v) is 4.94. The van der Waals surface area contributed by atoms with Gasteiger partial charge in [-0.1, -0.05) is 31.9 Å². The summed E-state index contributed by atoms with van der Waals surface area (Å²) in [6.07, 6.45) is 0. The average Bonchev–Trinajstić information content (AvgIpc) is 2.07. The molecule has 1 aromatic rings. The zero-order valence-electron chi connectivity index (χ0n) is 6.85. The van der Waals surface area contributed by atoms with Crippen molar-refractivity contribution < 1.29 is 42.2 Å². The molecule has 1 radical (unpaired) electrons. The van der Waals surface area contributed by atoms with Gasteiger partial charge in [0.2, 0.25) is 0 Å². The van der Waals surface area contributed by atoms with E-state index in [0.717, 1.165) is 12.1 Å². The second-order valence-corrected chi connectivity index (χ2v) is 4.10. The quantitative estimate of drug-likeness (QED) is 0.617. The molecule has 0 atom stereocenters. The minimum absolute atomic E-state index is 0. The van der Waals surface area contributed by atoms with Crippen molar-refractivity contribution in [3.8, 4) is 0 Å². The van der Waals surface area contributed by atoms with Crippen molar-refractivity contribution in [2.45, 2.75) is 0 Å². The van der Waals surface area contributed by atoms with Crippen LogP contribution in [-0.4, -0.2) is 11.9 Å². The third-order valence-electron chi connectivity index (χ3n) is 1.50. The largest absolute Gasteiger partial charge is 0.545 e. The van der Waals surface area contributed by atoms with Crippen LogP contribution < -0.4 is 10.2 Å². The van der Waals surface area contributed by atoms with Crippen molar-refractivity contribution in [2.75, 3.05) is 0 Å². The Morgan fingerprint density at radius 2 is 1.20 bits per heavy atom. The number of hydrogen-bond donors (Lipinski definition) is 0. The van der Waals surface area contributed by atoms with Gasteiger partial charge in [0.05, 0.1) is 11.9 Å². The molecule has 85 valence electrons. The number of aromatic carboxylic acids is 2. The minimum atomic E-state index is -1.39. The van der Waals surface area contributed by atoms with E-state index < -0.39 is 11.9 Å². The topological polar surface area (TPSA) is 80.3 Å². The number of carbonyl (C=O) groups excluding carboxylic acids is 2. The Hall–Kier alpha value is -0.140. The summed E-state index contributed by atoms with van der Waals surface area (Å²) >= 11 is 5.83. The summed E-state index contributed by atoms with van der Waals surface area (Å²) in [5.41, 5.74) is -0.247. The van der Waals surface area contributed by atoms with E-state index in [-0.39, 0.29) is 42.5 Å². The Morgan fingerprint density at radius 3 is 1.40 bits per heavy atom. The normalized spacial score (nSPS) is 9.20. The van der Waals surface area contributed by atoms with Gasteiger partial charge in [-0.3, -0.25) is 0 Å². The molecule has 0 spiro atoms. The van der Waals surface area contributed by atoms with E-state index in [2.05, 4.69) is 31.9 Å². The van der Waals surface area contributed by atoms with E-state index in [1.807, 2.05) is 0 Å². The molecule has 0 saturated carbocycles. The molecule has 0 unspecified atom stereocenters. The Balaban J connectivity index is 0.00000196. The van der Waals surface area contributed by atoms with E-state index in [1.165, 1.54) is 0 Å². The van der Waals surface area contributed by atoms with Crippen LogP contribution in [0.25, 0.3) is 0 Å². The predicted molar refractivity (Wildman–Crippen MR) is 50.5 cm³/mol. The monoisotopic (exact) mass is 427 g/mol. The molecule has 0 aromatic heterocycles. The second-order valence-electron chi connectivity index (χ2n) is 2.39. The second kappa shape index (κ2) is 5.81. The first kappa shape index (κ1) is 14.9. The molecule has 0 N–H and O–H groups in total. The van der Waals surface area contributed by atoms with Gasteiger partial charge in [0.25, 0.3) is 0 Å². The number of benzene rings is 1.